The summed E-state index contributed by atoms with van der Waals surface area (Å²) in [6, 6.07) is 4.96. The zero-order valence-electron chi connectivity index (χ0n) is 14.8. The van der Waals surface area contributed by atoms with Gasteiger partial charge in [0, 0.05) is 11.9 Å². The molecule has 3 rings (SSSR count). The van der Waals surface area contributed by atoms with Gasteiger partial charge in [0.15, 0.2) is 0 Å². The van der Waals surface area contributed by atoms with Crippen LogP contribution in [0.2, 0.25) is 0 Å². The van der Waals surface area contributed by atoms with Crippen LogP contribution < -0.4 is 5.59 Å². The minimum absolute atomic E-state index is 0.482. The predicted octanol–water partition coefficient (Wildman–Crippen LogP) is 3.50. The Morgan fingerprint density at radius 1 is 1.00 bits per heavy atom. The van der Waals surface area contributed by atoms with E-state index in [-0.39, 0.29) is 0 Å². The fourth-order valence-corrected chi connectivity index (χ4v) is 2.65. The molecule has 1 saturated heterocycles. The minimum atomic E-state index is -4.35. The summed E-state index contributed by atoms with van der Waals surface area (Å²) in [6.07, 6.45) is -2.61. The molecule has 0 saturated carbocycles. The number of hydrogen-bond donors (Lipinski definition) is 0. The second kappa shape index (κ2) is 5.61. The van der Waals surface area contributed by atoms with Gasteiger partial charge in [-0.3, -0.25) is 0 Å². The summed E-state index contributed by atoms with van der Waals surface area (Å²) >= 11 is 0. The first-order chi connectivity index (χ1) is 11.4. The van der Waals surface area contributed by atoms with Crippen molar-refractivity contribution < 1.29 is 22.5 Å². The van der Waals surface area contributed by atoms with Crippen molar-refractivity contribution in [3.8, 4) is 5.69 Å². The third-order valence-electron chi connectivity index (χ3n) is 4.87. The molecule has 1 aromatic heterocycles. The zero-order valence-corrected chi connectivity index (χ0v) is 14.8. The molecule has 0 unspecified atom stereocenters. The van der Waals surface area contributed by atoms with Crippen molar-refractivity contribution >= 4 is 12.7 Å². The molecule has 1 aliphatic rings. The van der Waals surface area contributed by atoms with Gasteiger partial charge in [-0.1, -0.05) is 0 Å². The Hall–Kier alpha value is -1.80. The van der Waals surface area contributed by atoms with Crippen molar-refractivity contribution in [2.45, 2.75) is 52.0 Å². The van der Waals surface area contributed by atoms with E-state index >= 15 is 0 Å². The van der Waals surface area contributed by atoms with Crippen molar-refractivity contribution in [1.82, 2.24) is 9.55 Å². The molecule has 2 aromatic rings. The van der Waals surface area contributed by atoms with Crippen LogP contribution >= 0.6 is 0 Å². The number of alkyl halides is 3. The molecular formula is C17H20BF3N2O2. The van der Waals surface area contributed by atoms with Crippen LogP contribution in [0.25, 0.3) is 5.69 Å². The number of nitrogens with zero attached hydrogens (tertiary/aromatic N) is 2. The molecule has 25 heavy (non-hydrogen) atoms. The Morgan fingerprint density at radius 2 is 1.52 bits per heavy atom. The van der Waals surface area contributed by atoms with Crippen LogP contribution in [-0.4, -0.2) is 27.9 Å². The maximum Gasteiger partial charge on any atom is 0.516 e. The van der Waals surface area contributed by atoms with Crippen molar-refractivity contribution in [2.24, 2.45) is 0 Å². The molecule has 1 aromatic carbocycles. The van der Waals surface area contributed by atoms with Crippen LogP contribution in [-0.2, 0) is 15.5 Å². The van der Waals surface area contributed by atoms with E-state index in [1.54, 1.807) is 17.7 Å². The molecule has 0 spiro atoms. The summed E-state index contributed by atoms with van der Waals surface area (Å²) in [5.41, 5.74) is -0.454. The van der Waals surface area contributed by atoms with E-state index in [2.05, 4.69) is 4.98 Å². The van der Waals surface area contributed by atoms with Gasteiger partial charge in [-0.15, -0.1) is 0 Å². The normalized spacial score (nSPS) is 19.4. The number of halogens is 3. The smallest absolute Gasteiger partial charge is 0.398 e. The second-order valence-electron chi connectivity index (χ2n) is 7.22. The lowest BCUT2D eigenvalue weighted by Gasteiger charge is -2.32. The van der Waals surface area contributed by atoms with Gasteiger partial charge in [-0.05, 0) is 58.9 Å². The third kappa shape index (κ3) is 3.20. The van der Waals surface area contributed by atoms with Crippen LogP contribution in [0, 0.1) is 6.92 Å². The molecular weight excluding hydrogens is 332 g/mol. The van der Waals surface area contributed by atoms with E-state index in [0.29, 0.717) is 17.1 Å². The number of imidazole rings is 1. The number of rotatable bonds is 2. The van der Waals surface area contributed by atoms with E-state index in [0.717, 1.165) is 12.1 Å². The lowest BCUT2D eigenvalue weighted by molar-refractivity contribution is -0.137. The number of hydrogen-bond acceptors (Lipinski definition) is 3. The quantitative estimate of drug-likeness (QED) is 0.777. The summed E-state index contributed by atoms with van der Waals surface area (Å²) in [6.45, 7) is 9.59. The summed E-state index contributed by atoms with van der Waals surface area (Å²) in [7, 11) is -0.612. The summed E-state index contributed by atoms with van der Waals surface area (Å²) in [4.78, 5) is 4.46. The monoisotopic (exact) mass is 352 g/mol. The van der Waals surface area contributed by atoms with Crippen molar-refractivity contribution in [2.75, 3.05) is 0 Å². The Kier molecular flexibility index (Phi) is 4.04. The van der Waals surface area contributed by atoms with Gasteiger partial charge in [0.05, 0.1) is 22.4 Å². The topological polar surface area (TPSA) is 36.3 Å². The van der Waals surface area contributed by atoms with Gasteiger partial charge >= 0.3 is 13.3 Å². The van der Waals surface area contributed by atoms with Gasteiger partial charge in [-0.25, -0.2) is 4.98 Å². The molecule has 1 aliphatic heterocycles. The van der Waals surface area contributed by atoms with Gasteiger partial charge in [0.2, 0.25) is 0 Å². The molecule has 2 heterocycles. The Bertz CT molecular complexity index is 766. The van der Waals surface area contributed by atoms with E-state index in [1.165, 1.54) is 12.1 Å². The molecule has 1 fully saturated rings. The minimum Gasteiger partial charge on any atom is -0.398 e. The molecule has 0 aliphatic carbocycles. The molecule has 4 nitrogen and oxygen atoms in total. The maximum atomic E-state index is 12.7. The third-order valence-corrected chi connectivity index (χ3v) is 4.87. The second-order valence-corrected chi connectivity index (χ2v) is 7.22. The van der Waals surface area contributed by atoms with Crippen LogP contribution in [0.5, 0.6) is 0 Å². The largest absolute Gasteiger partial charge is 0.516 e. The fourth-order valence-electron chi connectivity index (χ4n) is 2.65. The van der Waals surface area contributed by atoms with E-state index < -0.39 is 30.1 Å². The van der Waals surface area contributed by atoms with E-state index in [9.17, 15) is 13.2 Å². The first-order valence-electron chi connectivity index (χ1n) is 8.00. The Morgan fingerprint density at radius 3 is 2.00 bits per heavy atom. The van der Waals surface area contributed by atoms with E-state index in [1.807, 2.05) is 27.7 Å². The highest BCUT2D eigenvalue weighted by atomic mass is 19.4. The average Bonchev–Trinajstić information content (AvgIpc) is 2.96. The molecule has 0 amide bonds. The van der Waals surface area contributed by atoms with Gasteiger partial charge in [-0.2, -0.15) is 13.2 Å². The highest BCUT2D eigenvalue weighted by Gasteiger charge is 2.52. The Labute approximate surface area is 145 Å². The van der Waals surface area contributed by atoms with Crippen LogP contribution in [0.1, 0.15) is 39.1 Å². The molecule has 0 bridgehead atoms. The summed E-state index contributed by atoms with van der Waals surface area (Å²) in [5.74, 6) is 0.643. The standard InChI is InChI=1S/C17H20BF3N2O2/c1-11-22-14(18-24-15(2,3)16(4,5)25-18)10-23(11)13-8-6-12(7-9-13)17(19,20)21/h6-10H,1-5H3. The van der Waals surface area contributed by atoms with Crippen LogP contribution in [0.15, 0.2) is 30.5 Å². The first-order valence-corrected chi connectivity index (χ1v) is 8.00. The lowest BCUT2D eigenvalue weighted by atomic mass is 9.86. The lowest BCUT2D eigenvalue weighted by Crippen LogP contribution is -2.41. The van der Waals surface area contributed by atoms with Crippen molar-refractivity contribution in [1.29, 1.82) is 0 Å². The number of benzene rings is 1. The van der Waals surface area contributed by atoms with E-state index in [4.69, 9.17) is 9.31 Å². The molecule has 134 valence electrons. The molecule has 0 atom stereocenters. The number of aromatic nitrogens is 2. The highest BCUT2D eigenvalue weighted by Crippen LogP contribution is 2.36. The highest BCUT2D eigenvalue weighted by molar-refractivity contribution is 6.61. The Balaban J connectivity index is 1.89. The van der Waals surface area contributed by atoms with Crippen molar-refractivity contribution in [3.63, 3.8) is 0 Å². The van der Waals surface area contributed by atoms with Crippen LogP contribution in [0.3, 0.4) is 0 Å². The maximum absolute atomic E-state index is 12.7. The SMILES string of the molecule is Cc1nc(B2OC(C)(C)C(C)(C)O2)cn1-c1ccc(C(F)(F)F)cc1. The first kappa shape index (κ1) is 18.0. The van der Waals surface area contributed by atoms with Gasteiger partial charge in [0.25, 0.3) is 0 Å². The van der Waals surface area contributed by atoms with Gasteiger partial charge < -0.3 is 13.9 Å². The summed E-state index contributed by atoms with van der Waals surface area (Å²) in [5, 5.41) is 0. The molecule has 0 radical (unpaired) electrons. The van der Waals surface area contributed by atoms with Gasteiger partial charge in [0.1, 0.15) is 5.82 Å². The van der Waals surface area contributed by atoms with Crippen molar-refractivity contribution in [3.05, 3.63) is 41.9 Å². The molecule has 0 N–H and O–H groups in total. The zero-order chi connectivity index (χ0) is 18.6. The number of aryl methyl sites for hydroxylation is 1. The summed E-state index contributed by atoms with van der Waals surface area (Å²) < 4.78 is 51.8. The predicted molar refractivity (Wildman–Crippen MR) is 89.0 cm³/mol. The molecule has 8 heteroatoms. The fraction of sp³-hybridized carbons (Fsp3) is 0.471. The van der Waals surface area contributed by atoms with Crippen LogP contribution in [0.4, 0.5) is 13.2 Å². The average molecular weight is 352 g/mol.